The molecule has 0 atom stereocenters. The molecular formula is C33H33N3O6. The first-order valence-corrected chi connectivity index (χ1v) is 13.8. The zero-order valence-electron chi connectivity index (χ0n) is 23.9. The number of aliphatic imine (C=N–C) groups is 1. The van der Waals surface area contributed by atoms with Crippen molar-refractivity contribution in [1.29, 1.82) is 0 Å². The number of carbonyl (C=O) groups excluding carboxylic acids is 2. The van der Waals surface area contributed by atoms with Gasteiger partial charge in [0.15, 0.2) is 0 Å². The van der Waals surface area contributed by atoms with Gasteiger partial charge in [-0.2, -0.15) is 0 Å². The second-order valence-corrected chi connectivity index (χ2v) is 9.88. The van der Waals surface area contributed by atoms with Crippen LogP contribution in [0.1, 0.15) is 54.9 Å². The van der Waals surface area contributed by atoms with Crippen LogP contribution in [0.25, 0.3) is 11.1 Å². The Kier molecular flexibility index (Phi) is 9.99. The predicted octanol–water partition coefficient (Wildman–Crippen LogP) is 5.60. The highest BCUT2D eigenvalue weighted by molar-refractivity contribution is 5.92. The van der Waals surface area contributed by atoms with E-state index in [2.05, 4.69) is 11.9 Å². The first-order valence-electron chi connectivity index (χ1n) is 13.8. The predicted molar refractivity (Wildman–Crippen MR) is 162 cm³/mol. The van der Waals surface area contributed by atoms with Crippen LogP contribution in [-0.2, 0) is 18.9 Å². The van der Waals surface area contributed by atoms with Crippen LogP contribution in [0.3, 0.4) is 0 Å². The number of nitrogens with zero attached hydrogens (tertiary/aromatic N) is 3. The maximum atomic E-state index is 12.7. The first kappa shape index (κ1) is 29.9. The molecule has 0 N–H and O–H groups in total. The third kappa shape index (κ3) is 7.78. The average Bonchev–Trinajstić information content (AvgIpc) is 3.00. The fourth-order valence-electron chi connectivity index (χ4n) is 4.20. The van der Waals surface area contributed by atoms with Crippen molar-refractivity contribution in [3.8, 4) is 22.6 Å². The molecule has 216 valence electrons. The number of hydrogen-bond acceptors (Lipinski definition) is 7. The lowest BCUT2D eigenvalue weighted by Gasteiger charge is -2.08. The number of unbranched alkanes of at least 4 members (excludes halogenated alkanes) is 3. The molecule has 0 saturated carbocycles. The Labute approximate surface area is 243 Å². The van der Waals surface area contributed by atoms with Crippen LogP contribution >= 0.6 is 0 Å². The summed E-state index contributed by atoms with van der Waals surface area (Å²) in [7, 11) is 2.94. The number of aromatic nitrogens is 2. The zero-order valence-corrected chi connectivity index (χ0v) is 23.9. The molecule has 0 aliphatic rings. The van der Waals surface area contributed by atoms with Crippen molar-refractivity contribution in [2.75, 3.05) is 0 Å². The number of hydrogen-bond donors (Lipinski definition) is 0. The average molecular weight is 568 g/mol. The minimum Gasteiger partial charge on any atom is -0.427 e. The van der Waals surface area contributed by atoms with Crippen molar-refractivity contribution in [2.45, 2.75) is 39.0 Å². The fraction of sp³-hybridized carbons (Fsp3) is 0.242. The molecule has 9 heteroatoms. The summed E-state index contributed by atoms with van der Waals surface area (Å²) < 4.78 is 13.2. The summed E-state index contributed by atoms with van der Waals surface area (Å²) in [4.78, 5) is 52.9. The third-order valence-electron chi connectivity index (χ3n) is 6.65. The molecule has 3 aromatic carbocycles. The molecule has 0 aliphatic heterocycles. The number of aryl methyl sites for hydroxylation is 1. The first-order chi connectivity index (χ1) is 20.2. The summed E-state index contributed by atoms with van der Waals surface area (Å²) in [6.45, 7) is 2.13. The second kappa shape index (κ2) is 14.0. The van der Waals surface area contributed by atoms with E-state index >= 15 is 0 Å². The summed E-state index contributed by atoms with van der Waals surface area (Å²) >= 11 is 0. The Balaban J connectivity index is 1.32. The summed E-state index contributed by atoms with van der Waals surface area (Å²) in [6, 6.07) is 21.0. The Bertz CT molecular complexity index is 1680. The topological polar surface area (TPSA) is 109 Å². The van der Waals surface area contributed by atoms with E-state index in [1.807, 2.05) is 24.3 Å². The van der Waals surface area contributed by atoms with Gasteiger partial charge in [0, 0.05) is 32.9 Å². The number of rotatable bonds is 11. The second-order valence-electron chi connectivity index (χ2n) is 9.88. The van der Waals surface area contributed by atoms with Gasteiger partial charge in [0.05, 0.1) is 5.56 Å². The van der Waals surface area contributed by atoms with Gasteiger partial charge in [-0.05, 0) is 71.6 Å². The molecule has 1 heterocycles. The van der Waals surface area contributed by atoms with Crippen LogP contribution in [0, 0.1) is 0 Å². The Morgan fingerprint density at radius 2 is 1.38 bits per heavy atom. The summed E-state index contributed by atoms with van der Waals surface area (Å²) in [5.41, 5.74) is 2.11. The van der Waals surface area contributed by atoms with Crippen molar-refractivity contribution in [3.05, 3.63) is 111 Å². The number of ether oxygens (including phenoxy) is 2. The van der Waals surface area contributed by atoms with E-state index in [1.54, 1.807) is 55.6 Å². The molecule has 42 heavy (non-hydrogen) atoms. The number of benzene rings is 3. The van der Waals surface area contributed by atoms with Gasteiger partial charge in [0.2, 0.25) is 0 Å². The standard InChI is InChI=1S/C33H33N3O6/c1-4-5-6-7-8-30(37)41-27-19-15-25(16-20-27)24-11-13-26(14-12-24)32(39)42-28-17-9-23(10-18-28)21-34-29-22-35(2)33(40)36(3)31(29)38/h9-22H,4-8H2,1-3H3. The van der Waals surface area contributed by atoms with Gasteiger partial charge in [-0.3, -0.25) is 14.2 Å². The van der Waals surface area contributed by atoms with Crippen LogP contribution in [0.5, 0.6) is 11.5 Å². The SMILES string of the molecule is CCCCCCC(=O)Oc1ccc(-c2ccc(C(=O)Oc3ccc(C=Nc4cn(C)c(=O)n(C)c4=O)cc3)cc2)cc1. The molecule has 0 radical (unpaired) electrons. The zero-order chi connectivity index (χ0) is 30.1. The highest BCUT2D eigenvalue weighted by atomic mass is 16.5. The lowest BCUT2D eigenvalue weighted by atomic mass is 10.0. The smallest absolute Gasteiger partial charge is 0.343 e. The van der Waals surface area contributed by atoms with Crippen LogP contribution < -0.4 is 20.7 Å². The number of esters is 2. The van der Waals surface area contributed by atoms with E-state index in [1.165, 1.54) is 24.0 Å². The van der Waals surface area contributed by atoms with E-state index in [4.69, 9.17) is 9.47 Å². The highest BCUT2D eigenvalue weighted by Crippen LogP contribution is 2.24. The molecule has 1 aromatic heterocycles. The molecule has 0 aliphatic carbocycles. The van der Waals surface area contributed by atoms with E-state index in [0.29, 0.717) is 29.0 Å². The van der Waals surface area contributed by atoms with E-state index in [-0.39, 0.29) is 11.7 Å². The monoisotopic (exact) mass is 567 g/mol. The van der Waals surface area contributed by atoms with Crippen molar-refractivity contribution < 1.29 is 19.1 Å². The molecular weight excluding hydrogens is 534 g/mol. The minimum atomic E-state index is -0.502. The normalized spacial score (nSPS) is 11.0. The molecule has 0 amide bonds. The quantitative estimate of drug-likeness (QED) is 0.101. The van der Waals surface area contributed by atoms with Gasteiger partial charge in [0.1, 0.15) is 17.2 Å². The molecule has 0 saturated heterocycles. The van der Waals surface area contributed by atoms with Gasteiger partial charge >= 0.3 is 17.6 Å². The van der Waals surface area contributed by atoms with Gasteiger partial charge in [-0.25, -0.2) is 14.6 Å². The summed E-state index contributed by atoms with van der Waals surface area (Å²) in [5.74, 6) is 0.137. The van der Waals surface area contributed by atoms with E-state index in [0.717, 1.165) is 41.4 Å². The van der Waals surface area contributed by atoms with Crippen LogP contribution in [-0.4, -0.2) is 27.3 Å². The van der Waals surface area contributed by atoms with Gasteiger partial charge in [-0.1, -0.05) is 50.5 Å². The Hall–Kier alpha value is -5.05. The minimum absolute atomic E-state index is 0.131. The van der Waals surface area contributed by atoms with Crippen molar-refractivity contribution in [1.82, 2.24) is 9.13 Å². The molecule has 9 nitrogen and oxygen atoms in total. The van der Waals surface area contributed by atoms with E-state index < -0.39 is 17.2 Å². The summed E-state index contributed by atoms with van der Waals surface area (Å²) in [5, 5.41) is 0. The van der Waals surface area contributed by atoms with Crippen molar-refractivity contribution >= 4 is 23.8 Å². The molecule has 0 spiro atoms. The maximum absolute atomic E-state index is 12.7. The Morgan fingerprint density at radius 3 is 2.02 bits per heavy atom. The third-order valence-corrected chi connectivity index (χ3v) is 6.65. The number of carbonyl (C=O) groups is 2. The van der Waals surface area contributed by atoms with Crippen LogP contribution in [0.15, 0.2) is 93.6 Å². The molecule has 4 rings (SSSR count). The lowest BCUT2D eigenvalue weighted by molar-refractivity contribution is -0.134. The van der Waals surface area contributed by atoms with Crippen LogP contribution in [0.4, 0.5) is 5.69 Å². The highest BCUT2D eigenvalue weighted by Gasteiger charge is 2.10. The maximum Gasteiger partial charge on any atom is 0.343 e. The largest absolute Gasteiger partial charge is 0.427 e. The molecule has 0 unspecified atom stereocenters. The van der Waals surface area contributed by atoms with Crippen molar-refractivity contribution in [3.63, 3.8) is 0 Å². The molecule has 4 aromatic rings. The fourth-order valence-corrected chi connectivity index (χ4v) is 4.20. The van der Waals surface area contributed by atoms with Crippen LogP contribution in [0.2, 0.25) is 0 Å². The Morgan fingerprint density at radius 1 is 0.786 bits per heavy atom. The molecule has 0 fully saturated rings. The summed E-state index contributed by atoms with van der Waals surface area (Å²) in [6.07, 6.45) is 7.40. The molecule has 0 bridgehead atoms. The van der Waals surface area contributed by atoms with Gasteiger partial charge in [-0.15, -0.1) is 0 Å². The van der Waals surface area contributed by atoms with Gasteiger partial charge in [0.25, 0.3) is 5.56 Å². The lowest BCUT2D eigenvalue weighted by Crippen LogP contribution is -2.36. The van der Waals surface area contributed by atoms with Gasteiger partial charge < -0.3 is 14.0 Å². The van der Waals surface area contributed by atoms with Crippen molar-refractivity contribution in [2.24, 2.45) is 19.1 Å². The van der Waals surface area contributed by atoms with E-state index in [9.17, 15) is 19.2 Å².